The topological polar surface area (TPSA) is 68.0 Å². The maximum absolute atomic E-state index is 12.7. The Bertz CT molecular complexity index is 468. The zero-order chi connectivity index (χ0) is 15.9. The summed E-state index contributed by atoms with van der Waals surface area (Å²) in [6.07, 6.45) is 5.48. The second kappa shape index (κ2) is 8.42. The van der Waals surface area contributed by atoms with E-state index in [1.807, 2.05) is 4.90 Å². The Labute approximate surface area is 136 Å². The zero-order valence-corrected chi connectivity index (χ0v) is 13.5. The summed E-state index contributed by atoms with van der Waals surface area (Å²) in [5.74, 6) is -0.0346. The predicted octanol–water partition coefficient (Wildman–Crippen LogP) is 1.02. The van der Waals surface area contributed by atoms with E-state index in [1.165, 1.54) is 12.7 Å². The minimum absolute atomic E-state index is 0.0346. The average molecular weight is 323 g/mol. The number of hydrogen-bond acceptors (Lipinski definition) is 6. The van der Waals surface area contributed by atoms with Crippen molar-refractivity contribution in [1.29, 1.82) is 0 Å². The SMILES string of the molecule is O=C(c1cocn1)N(CCCN1CCOCC1)C1CCOCC1. The lowest BCUT2D eigenvalue weighted by Crippen LogP contribution is -2.45. The van der Waals surface area contributed by atoms with Crippen LogP contribution in [0.3, 0.4) is 0 Å². The Hall–Kier alpha value is -1.44. The van der Waals surface area contributed by atoms with E-state index in [2.05, 4.69) is 9.88 Å². The molecule has 0 N–H and O–H groups in total. The van der Waals surface area contributed by atoms with Crippen molar-refractivity contribution in [3.8, 4) is 0 Å². The summed E-state index contributed by atoms with van der Waals surface area (Å²) in [4.78, 5) is 21.1. The van der Waals surface area contributed by atoms with Gasteiger partial charge < -0.3 is 18.8 Å². The van der Waals surface area contributed by atoms with Gasteiger partial charge >= 0.3 is 0 Å². The zero-order valence-electron chi connectivity index (χ0n) is 13.5. The summed E-state index contributed by atoms with van der Waals surface area (Å²) in [5, 5.41) is 0. The van der Waals surface area contributed by atoms with Crippen LogP contribution in [0.1, 0.15) is 29.8 Å². The molecule has 0 unspecified atom stereocenters. The summed E-state index contributed by atoms with van der Waals surface area (Å²) in [6, 6.07) is 0.234. The van der Waals surface area contributed by atoms with Gasteiger partial charge in [0.15, 0.2) is 12.1 Å². The van der Waals surface area contributed by atoms with Crippen LogP contribution in [0.5, 0.6) is 0 Å². The van der Waals surface area contributed by atoms with Crippen molar-refractivity contribution in [2.75, 3.05) is 52.6 Å². The van der Waals surface area contributed by atoms with Crippen LogP contribution in [0.4, 0.5) is 0 Å². The molecule has 1 amide bonds. The van der Waals surface area contributed by atoms with Gasteiger partial charge in [-0.25, -0.2) is 4.98 Å². The molecule has 0 bridgehead atoms. The molecule has 3 heterocycles. The molecule has 128 valence electrons. The number of carbonyl (C=O) groups is 1. The number of oxazole rings is 1. The van der Waals surface area contributed by atoms with Crippen molar-refractivity contribution in [1.82, 2.24) is 14.8 Å². The highest BCUT2D eigenvalue weighted by molar-refractivity contribution is 5.92. The molecule has 2 aliphatic rings. The van der Waals surface area contributed by atoms with Gasteiger partial charge in [0.05, 0.1) is 13.2 Å². The first-order valence-electron chi connectivity index (χ1n) is 8.41. The molecule has 2 saturated heterocycles. The van der Waals surface area contributed by atoms with E-state index in [0.717, 1.165) is 71.9 Å². The van der Waals surface area contributed by atoms with Crippen LogP contribution in [-0.4, -0.2) is 79.3 Å². The summed E-state index contributed by atoms with van der Waals surface area (Å²) in [5.41, 5.74) is 0.392. The van der Waals surface area contributed by atoms with Crippen LogP contribution < -0.4 is 0 Å². The molecule has 2 fully saturated rings. The number of carbonyl (C=O) groups excluding carboxylic acids is 1. The van der Waals surface area contributed by atoms with Crippen LogP contribution in [-0.2, 0) is 9.47 Å². The van der Waals surface area contributed by atoms with Gasteiger partial charge in [0, 0.05) is 45.4 Å². The second-order valence-corrected chi connectivity index (χ2v) is 6.02. The van der Waals surface area contributed by atoms with Crippen molar-refractivity contribution in [3.05, 3.63) is 18.4 Å². The van der Waals surface area contributed by atoms with Gasteiger partial charge in [-0.2, -0.15) is 0 Å². The molecule has 1 aromatic rings. The molecule has 7 heteroatoms. The highest BCUT2D eigenvalue weighted by atomic mass is 16.5. The van der Waals surface area contributed by atoms with Gasteiger partial charge in [-0.1, -0.05) is 0 Å². The highest BCUT2D eigenvalue weighted by Crippen LogP contribution is 2.17. The lowest BCUT2D eigenvalue weighted by atomic mass is 10.1. The van der Waals surface area contributed by atoms with Gasteiger partial charge in [-0.3, -0.25) is 9.69 Å². The van der Waals surface area contributed by atoms with E-state index in [0.29, 0.717) is 5.69 Å². The van der Waals surface area contributed by atoms with E-state index in [-0.39, 0.29) is 11.9 Å². The largest absolute Gasteiger partial charge is 0.451 e. The number of hydrogen-bond donors (Lipinski definition) is 0. The fourth-order valence-corrected chi connectivity index (χ4v) is 3.20. The lowest BCUT2D eigenvalue weighted by molar-refractivity contribution is 0.0220. The maximum Gasteiger partial charge on any atom is 0.276 e. The minimum Gasteiger partial charge on any atom is -0.451 e. The quantitative estimate of drug-likeness (QED) is 0.778. The van der Waals surface area contributed by atoms with E-state index < -0.39 is 0 Å². The molecule has 1 aromatic heterocycles. The van der Waals surface area contributed by atoms with Gasteiger partial charge in [0.25, 0.3) is 5.91 Å². The molecular formula is C16H25N3O4. The maximum atomic E-state index is 12.7. The number of ether oxygens (including phenoxy) is 2. The molecule has 0 atom stereocenters. The lowest BCUT2D eigenvalue weighted by Gasteiger charge is -2.35. The number of rotatable bonds is 6. The molecule has 0 saturated carbocycles. The Morgan fingerprint density at radius 3 is 2.65 bits per heavy atom. The molecule has 7 nitrogen and oxygen atoms in total. The number of morpholine rings is 1. The third-order valence-electron chi connectivity index (χ3n) is 4.52. The van der Waals surface area contributed by atoms with Crippen molar-refractivity contribution in [3.63, 3.8) is 0 Å². The van der Waals surface area contributed by atoms with Gasteiger partial charge in [0.1, 0.15) is 6.26 Å². The molecule has 0 radical (unpaired) electrons. The van der Waals surface area contributed by atoms with Gasteiger partial charge in [-0.15, -0.1) is 0 Å². The fraction of sp³-hybridized carbons (Fsp3) is 0.750. The Balaban J connectivity index is 1.56. The number of amides is 1. The standard InChI is InChI=1S/C16H25N3O4/c20-16(15-12-23-13-17-15)19(14-2-8-21-9-3-14)5-1-4-18-6-10-22-11-7-18/h12-14H,1-11H2. The fourth-order valence-electron chi connectivity index (χ4n) is 3.20. The Morgan fingerprint density at radius 2 is 1.96 bits per heavy atom. The minimum atomic E-state index is -0.0346. The first-order valence-corrected chi connectivity index (χ1v) is 8.41. The average Bonchev–Trinajstić information content (AvgIpc) is 3.15. The van der Waals surface area contributed by atoms with E-state index >= 15 is 0 Å². The molecule has 0 aliphatic carbocycles. The normalized spacial score (nSPS) is 20.5. The molecular weight excluding hydrogens is 298 g/mol. The third-order valence-corrected chi connectivity index (χ3v) is 4.52. The van der Waals surface area contributed by atoms with Crippen molar-refractivity contribution >= 4 is 5.91 Å². The third kappa shape index (κ3) is 4.53. The summed E-state index contributed by atoms with van der Waals surface area (Å²) >= 11 is 0. The van der Waals surface area contributed by atoms with Gasteiger partial charge in [-0.05, 0) is 19.3 Å². The number of nitrogens with zero attached hydrogens (tertiary/aromatic N) is 3. The first-order chi connectivity index (χ1) is 11.3. The Kier molecular flexibility index (Phi) is 6.01. The van der Waals surface area contributed by atoms with Crippen molar-refractivity contribution in [2.45, 2.75) is 25.3 Å². The van der Waals surface area contributed by atoms with Crippen molar-refractivity contribution < 1.29 is 18.7 Å². The van der Waals surface area contributed by atoms with E-state index in [9.17, 15) is 4.79 Å². The molecule has 0 aromatic carbocycles. The highest BCUT2D eigenvalue weighted by Gasteiger charge is 2.27. The first kappa shape index (κ1) is 16.4. The second-order valence-electron chi connectivity index (χ2n) is 6.02. The summed E-state index contributed by atoms with van der Waals surface area (Å²) < 4.78 is 15.8. The molecule has 0 spiro atoms. The smallest absolute Gasteiger partial charge is 0.276 e. The molecule has 3 rings (SSSR count). The molecule has 23 heavy (non-hydrogen) atoms. The van der Waals surface area contributed by atoms with Crippen molar-refractivity contribution in [2.24, 2.45) is 0 Å². The Morgan fingerprint density at radius 1 is 1.22 bits per heavy atom. The number of aromatic nitrogens is 1. The monoisotopic (exact) mass is 323 g/mol. The van der Waals surface area contributed by atoms with E-state index in [1.54, 1.807) is 0 Å². The van der Waals surface area contributed by atoms with Gasteiger partial charge in [0.2, 0.25) is 0 Å². The van der Waals surface area contributed by atoms with E-state index in [4.69, 9.17) is 13.9 Å². The van der Waals surface area contributed by atoms with Crippen LogP contribution in [0.2, 0.25) is 0 Å². The predicted molar refractivity (Wildman–Crippen MR) is 83.3 cm³/mol. The summed E-state index contributed by atoms with van der Waals surface area (Å²) in [6.45, 7) is 6.75. The van der Waals surface area contributed by atoms with Crippen LogP contribution >= 0.6 is 0 Å². The van der Waals surface area contributed by atoms with Crippen LogP contribution in [0.25, 0.3) is 0 Å². The summed E-state index contributed by atoms with van der Waals surface area (Å²) in [7, 11) is 0. The van der Waals surface area contributed by atoms with Crippen LogP contribution in [0, 0.1) is 0 Å². The molecule has 2 aliphatic heterocycles. The van der Waals surface area contributed by atoms with Crippen LogP contribution in [0.15, 0.2) is 17.1 Å².